The molecule has 0 aliphatic rings. The van der Waals surface area contributed by atoms with Crippen molar-refractivity contribution in [2.75, 3.05) is 0 Å². The molecule has 3 heteroatoms. The second kappa shape index (κ2) is 4.95. The summed E-state index contributed by atoms with van der Waals surface area (Å²) in [6.45, 7) is 3.49. The van der Waals surface area contributed by atoms with Crippen molar-refractivity contribution in [3.8, 4) is 0 Å². The summed E-state index contributed by atoms with van der Waals surface area (Å²) >= 11 is 0. The Hall–Kier alpha value is -0.193. The van der Waals surface area contributed by atoms with Gasteiger partial charge in [0.1, 0.15) is 0 Å². The van der Waals surface area contributed by atoms with Gasteiger partial charge in [0.05, 0.1) is 0 Å². The minimum absolute atomic E-state index is 0. The molecule has 0 rings (SSSR count). The molecule has 0 amide bonds. The maximum absolute atomic E-state index is 9.73. The van der Waals surface area contributed by atoms with Gasteiger partial charge in [-0.2, -0.15) is 0 Å². The molecule has 8 heavy (non-hydrogen) atoms. The monoisotopic (exact) mass is 107 g/mol. The molecular weight excluding hydrogens is 99.0 g/mol. The zero-order valence-electron chi connectivity index (χ0n) is 5.43. The summed E-state index contributed by atoms with van der Waals surface area (Å²) < 4.78 is 0. The van der Waals surface area contributed by atoms with E-state index in [1.165, 1.54) is 6.08 Å². The topological polar surface area (TPSA) is 37.3 Å². The third kappa shape index (κ3) is 9.26. The van der Waals surface area contributed by atoms with Gasteiger partial charge in [0.15, 0.2) is 0 Å². The van der Waals surface area contributed by atoms with Crippen LogP contribution in [0.15, 0.2) is 11.6 Å². The van der Waals surface area contributed by atoms with Crippen molar-refractivity contribution in [2.45, 2.75) is 13.8 Å². The average Bonchev–Trinajstić information content (AvgIpc) is 1.27. The van der Waals surface area contributed by atoms with Gasteiger partial charge >= 0.3 is 5.97 Å². The first-order chi connectivity index (χ1) is 3.13. The van der Waals surface area contributed by atoms with Gasteiger partial charge in [-0.15, -0.1) is 0 Å². The third-order valence-corrected chi connectivity index (χ3v) is 0.412. The predicted octanol–water partition coefficient (Wildman–Crippen LogP) is 0.656. The number of hydrogen-bond acceptors (Lipinski definition) is 1. The van der Waals surface area contributed by atoms with Crippen LogP contribution in [0.3, 0.4) is 0 Å². The molecule has 0 heterocycles. The molecular formula is C5H8LiO2. The number of rotatable bonds is 1. The Labute approximate surface area is 60.8 Å². The number of allylic oxidation sites excluding steroid dienone is 1. The van der Waals surface area contributed by atoms with Gasteiger partial charge in [-0.3, -0.25) is 0 Å². The molecule has 1 radical (unpaired) electrons. The van der Waals surface area contributed by atoms with Crippen molar-refractivity contribution in [2.24, 2.45) is 0 Å². The molecule has 0 spiro atoms. The summed E-state index contributed by atoms with van der Waals surface area (Å²) in [5.74, 6) is -0.875. The van der Waals surface area contributed by atoms with E-state index in [-0.39, 0.29) is 18.9 Å². The number of hydrogen-bond donors (Lipinski definition) is 1. The van der Waals surface area contributed by atoms with Gasteiger partial charge in [0.25, 0.3) is 0 Å². The number of aliphatic carboxylic acids is 1. The molecule has 0 saturated carbocycles. The summed E-state index contributed by atoms with van der Waals surface area (Å²) in [6, 6.07) is 0. The van der Waals surface area contributed by atoms with Crippen LogP contribution in [0.1, 0.15) is 13.8 Å². The molecule has 0 aromatic carbocycles. The summed E-state index contributed by atoms with van der Waals surface area (Å²) in [6.07, 6.45) is 1.17. The molecule has 0 atom stereocenters. The first kappa shape index (κ1) is 10.7. The van der Waals surface area contributed by atoms with E-state index in [2.05, 4.69) is 0 Å². The Bertz CT molecular complexity index is 103. The smallest absolute Gasteiger partial charge is 0.328 e. The fourth-order valence-electron chi connectivity index (χ4n) is 0.247. The van der Waals surface area contributed by atoms with Crippen LogP contribution in [0, 0.1) is 0 Å². The molecule has 0 saturated heterocycles. The second-order valence-corrected chi connectivity index (χ2v) is 1.56. The third-order valence-electron chi connectivity index (χ3n) is 0.412. The molecule has 0 unspecified atom stereocenters. The zero-order valence-corrected chi connectivity index (χ0v) is 5.43. The maximum Gasteiger partial charge on any atom is 0.328 e. The maximum atomic E-state index is 9.73. The van der Waals surface area contributed by atoms with E-state index in [0.29, 0.717) is 0 Å². The van der Waals surface area contributed by atoms with Crippen LogP contribution in [-0.4, -0.2) is 29.9 Å². The quantitative estimate of drug-likeness (QED) is 0.394. The number of carboxylic acids is 1. The van der Waals surface area contributed by atoms with Gasteiger partial charge in [-0.25, -0.2) is 4.79 Å². The van der Waals surface area contributed by atoms with Crippen LogP contribution in [0.25, 0.3) is 0 Å². The van der Waals surface area contributed by atoms with Gasteiger partial charge in [-0.05, 0) is 13.8 Å². The Morgan fingerprint density at radius 2 is 1.88 bits per heavy atom. The van der Waals surface area contributed by atoms with Crippen LogP contribution >= 0.6 is 0 Å². The van der Waals surface area contributed by atoms with Crippen LogP contribution in [0.2, 0.25) is 0 Å². The zero-order chi connectivity index (χ0) is 5.86. The van der Waals surface area contributed by atoms with Gasteiger partial charge < -0.3 is 5.11 Å². The first-order valence-corrected chi connectivity index (χ1v) is 2.01. The standard InChI is InChI=1S/C5H8O2.Li/c1-4(2)3-5(6)7;/h3H,1-2H3,(H,6,7);. The fraction of sp³-hybridized carbons (Fsp3) is 0.400. The molecule has 2 nitrogen and oxygen atoms in total. The molecule has 0 fully saturated rings. The van der Waals surface area contributed by atoms with E-state index in [1.807, 2.05) is 0 Å². The minimum Gasteiger partial charge on any atom is -0.478 e. The van der Waals surface area contributed by atoms with Gasteiger partial charge in [0.2, 0.25) is 0 Å². The van der Waals surface area contributed by atoms with Crippen molar-refractivity contribution in [3.05, 3.63) is 11.6 Å². The van der Waals surface area contributed by atoms with E-state index < -0.39 is 5.97 Å². The fourth-order valence-corrected chi connectivity index (χ4v) is 0.247. The molecule has 0 aliphatic heterocycles. The number of carbonyl (C=O) groups is 1. The molecule has 0 aromatic rings. The summed E-state index contributed by atoms with van der Waals surface area (Å²) in [4.78, 5) is 9.73. The van der Waals surface area contributed by atoms with Crippen molar-refractivity contribution < 1.29 is 9.90 Å². The van der Waals surface area contributed by atoms with Crippen LogP contribution in [0.4, 0.5) is 0 Å². The molecule has 0 aliphatic carbocycles. The van der Waals surface area contributed by atoms with Crippen LogP contribution < -0.4 is 0 Å². The van der Waals surface area contributed by atoms with Gasteiger partial charge in [-0.1, -0.05) is 5.57 Å². The Morgan fingerprint density at radius 1 is 1.50 bits per heavy atom. The summed E-state index contributed by atoms with van der Waals surface area (Å²) in [7, 11) is 0. The molecule has 0 bridgehead atoms. The van der Waals surface area contributed by atoms with Gasteiger partial charge in [0, 0.05) is 24.9 Å². The first-order valence-electron chi connectivity index (χ1n) is 2.01. The Morgan fingerprint density at radius 3 is 1.88 bits per heavy atom. The summed E-state index contributed by atoms with van der Waals surface area (Å²) in [5, 5.41) is 8.01. The normalized spacial score (nSPS) is 6.75. The van der Waals surface area contributed by atoms with Crippen LogP contribution in [0.5, 0.6) is 0 Å². The Balaban J connectivity index is 0. The minimum atomic E-state index is -0.875. The largest absolute Gasteiger partial charge is 0.478 e. The molecule has 41 valence electrons. The molecule has 1 N–H and O–H groups in total. The van der Waals surface area contributed by atoms with Crippen LogP contribution in [-0.2, 0) is 4.79 Å². The second-order valence-electron chi connectivity index (χ2n) is 1.56. The van der Waals surface area contributed by atoms with E-state index in [1.54, 1.807) is 13.8 Å². The van der Waals surface area contributed by atoms with E-state index in [4.69, 9.17) is 5.11 Å². The van der Waals surface area contributed by atoms with Crippen molar-refractivity contribution in [3.63, 3.8) is 0 Å². The van der Waals surface area contributed by atoms with Crippen molar-refractivity contribution >= 4 is 24.8 Å². The van der Waals surface area contributed by atoms with Crippen molar-refractivity contribution in [1.29, 1.82) is 0 Å². The van der Waals surface area contributed by atoms with E-state index in [0.717, 1.165) is 5.57 Å². The molecule has 0 aromatic heterocycles. The van der Waals surface area contributed by atoms with Crippen molar-refractivity contribution in [1.82, 2.24) is 0 Å². The van der Waals surface area contributed by atoms with E-state index in [9.17, 15) is 4.79 Å². The summed E-state index contributed by atoms with van der Waals surface area (Å²) in [5.41, 5.74) is 0.813. The SMILES string of the molecule is CC(C)=CC(=O)O.[Li]. The Kier molecular flexibility index (Phi) is 6.64. The predicted molar refractivity (Wildman–Crippen MR) is 32.8 cm³/mol. The van der Waals surface area contributed by atoms with E-state index >= 15 is 0 Å². The number of carboxylic acid groups (broad SMARTS) is 1. The average molecular weight is 107 g/mol.